The molecule has 0 spiro atoms. The Morgan fingerprint density at radius 3 is 2.38 bits per heavy atom. The second-order valence-corrected chi connectivity index (χ2v) is 8.18. The van der Waals surface area contributed by atoms with Crippen LogP contribution in [0, 0.1) is 0 Å². The maximum absolute atomic E-state index is 12.7. The average Bonchev–Trinajstić information content (AvgIpc) is 3.36. The topological polar surface area (TPSA) is 80.5 Å². The lowest BCUT2D eigenvalue weighted by molar-refractivity contribution is -0.131. The van der Waals surface area contributed by atoms with Gasteiger partial charge in [-0.3, -0.25) is 14.7 Å². The van der Waals surface area contributed by atoms with E-state index in [2.05, 4.69) is 54.4 Å². The first-order chi connectivity index (χ1) is 15.7. The molecular weight excluding hydrogens is 406 g/mol. The molecule has 2 aliphatic heterocycles. The fourth-order valence-electron chi connectivity index (χ4n) is 4.29. The number of amides is 1. The molecule has 1 aromatic carbocycles. The van der Waals surface area contributed by atoms with Crippen molar-refractivity contribution in [1.29, 1.82) is 0 Å². The maximum Gasteiger partial charge on any atom is 0.224 e. The highest BCUT2D eigenvalue weighted by Crippen LogP contribution is 2.16. The van der Waals surface area contributed by atoms with Crippen molar-refractivity contribution < 1.29 is 9.32 Å². The zero-order chi connectivity index (χ0) is 22.2. The molecule has 0 unspecified atom stereocenters. The van der Waals surface area contributed by atoms with Gasteiger partial charge in [-0.2, -0.15) is 0 Å². The quantitative estimate of drug-likeness (QED) is 0.533. The number of piperazine rings is 2. The summed E-state index contributed by atoms with van der Waals surface area (Å²) in [5, 5.41) is 7.37. The van der Waals surface area contributed by atoms with Gasteiger partial charge in [0.15, 0.2) is 5.96 Å². The first-order valence-corrected chi connectivity index (χ1v) is 11.4. The molecule has 172 valence electrons. The Morgan fingerprint density at radius 1 is 1.00 bits per heavy atom. The fraction of sp³-hybridized carbons (Fsp3) is 0.522. The lowest BCUT2D eigenvalue weighted by Gasteiger charge is -2.37. The van der Waals surface area contributed by atoms with Crippen molar-refractivity contribution in [2.75, 3.05) is 70.9 Å². The number of nitrogens with zero attached hydrogens (tertiary/aromatic N) is 6. The molecule has 2 aromatic rings. The standard InChI is InChI=1S/C23H33N7O2/c1-24-23(30-12-10-27(11-13-30)19-20-8-18-32-26-20)25-9-7-22(31)29-16-14-28(15-17-29)21-5-3-2-4-6-21/h2-6,8,18H,7,9-17,19H2,1H3,(H,24,25). The third kappa shape index (κ3) is 5.79. The summed E-state index contributed by atoms with van der Waals surface area (Å²) in [5.41, 5.74) is 2.19. The van der Waals surface area contributed by atoms with Crippen molar-refractivity contribution in [3.63, 3.8) is 0 Å². The molecule has 3 heterocycles. The minimum absolute atomic E-state index is 0.207. The normalized spacial score (nSPS) is 18.2. The number of benzene rings is 1. The molecule has 0 saturated carbocycles. The molecule has 2 aliphatic rings. The summed E-state index contributed by atoms with van der Waals surface area (Å²) >= 11 is 0. The molecule has 0 radical (unpaired) electrons. The van der Waals surface area contributed by atoms with Crippen molar-refractivity contribution in [2.45, 2.75) is 13.0 Å². The van der Waals surface area contributed by atoms with Gasteiger partial charge in [0.1, 0.15) is 6.26 Å². The second-order valence-electron chi connectivity index (χ2n) is 8.18. The zero-order valence-electron chi connectivity index (χ0n) is 18.8. The number of carbonyl (C=O) groups excluding carboxylic acids is 1. The average molecular weight is 440 g/mol. The highest BCUT2D eigenvalue weighted by molar-refractivity contribution is 5.81. The van der Waals surface area contributed by atoms with Crippen molar-refractivity contribution in [3.8, 4) is 0 Å². The highest BCUT2D eigenvalue weighted by atomic mass is 16.5. The van der Waals surface area contributed by atoms with Gasteiger partial charge in [0.25, 0.3) is 0 Å². The molecule has 2 fully saturated rings. The molecule has 1 amide bonds. The Labute approximate surface area is 189 Å². The van der Waals surface area contributed by atoms with E-state index in [1.807, 2.05) is 17.0 Å². The van der Waals surface area contributed by atoms with Crippen molar-refractivity contribution >= 4 is 17.6 Å². The van der Waals surface area contributed by atoms with E-state index in [1.165, 1.54) is 5.69 Å². The number of aromatic nitrogens is 1. The Morgan fingerprint density at radius 2 is 1.72 bits per heavy atom. The number of hydrogen-bond acceptors (Lipinski definition) is 6. The maximum atomic E-state index is 12.7. The largest absolute Gasteiger partial charge is 0.368 e. The van der Waals surface area contributed by atoms with E-state index in [0.717, 1.165) is 70.6 Å². The van der Waals surface area contributed by atoms with Crippen LogP contribution in [-0.2, 0) is 11.3 Å². The third-order valence-electron chi connectivity index (χ3n) is 6.14. The van der Waals surface area contributed by atoms with E-state index in [1.54, 1.807) is 13.3 Å². The lowest BCUT2D eigenvalue weighted by Crippen LogP contribution is -2.53. The number of rotatable bonds is 6. The lowest BCUT2D eigenvalue weighted by atomic mass is 10.2. The van der Waals surface area contributed by atoms with Crippen molar-refractivity contribution in [1.82, 2.24) is 25.2 Å². The van der Waals surface area contributed by atoms with E-state index in [9.17, 15) is 4.79 Å². The molecule has 0 bridgehead atoms. The van der Waals surface area contributed by atoms with Gasteiger partial charge in [-0.1, -0.05) is 23.4 Å². The summed E-state index contributed by atoms with van der Waals surface area (Å²) in [7, 11) is 1.80. The number of aliphatic imine (C=N–C) groups is 1. The van der Waals surface area contributed by atoms with Crippen molar-refractivity contribution in [3.05, 3.63) is 48.4 Å². The highest BCUT2D eigenvalue weighted by Gasteiger charge is 2.22. The first-order valence-electron chi connectivity index (χ1n) is 11.4. The van der Waals surface area contributed by atoms with Gasteiger partial charge < -0.3 is 24.5 Å². The third-order valence-corrected chi connectivity index (χ3v) is 6.14. The van der Waals surface area contributed by atoms with Gasteiger partial charge in [0.05, 0.1) is 5.69 Å². The van der Waals surface area contributed by atoms with Gasteiger partial charge >= 0.3 is 0 Å². The SMILES string of the molecule is CN=C(NCCC(=O)N1CCN(c2ccccc2)CC1)N1CCN(Cc2ccon2)CC1. The number of anilines is 1. The van der Waals surface area contributed by atoms with Crippen LogP contribution < -0.4 is 10.2 Å². The van der Waals surface area contributed by atoms with E-state index in [0.29, 0.717) is 13.0 Å². The summed E-state index contributed by atoms with van der Waals surface area (Å²) in [6, 6.07) is 12.3. The molecule has 32 heavy (non-hydrogen) atoms. The number of carbonyl (C=O) groups is 1. The van der Waals surface area contributed by atoms with Crippen LogP contribution in [0.1, 0.15) is 12.1 Å². The molecule has 9 nitrogen and oxygen atoms in total. The van der Waals surface area contributed by atoms with E-state index in [4.69, 9.17) is 4.52 Å². The van der Waals surface area contributed by atoms with E-state index < -0.39 is 0 Å². The van der Waals surface area contributed by atoms with Gasteiger partial charge in [-0.05, 0) is 12.1 Å². The van der Waals surface area contributed by atoms with Gasteiger partial charge in [0, 0.05) is 90.7 Å². The minimum Gasteiger partial charge on any atom is -0.368 e. The van der Waals surface area contributed by atoms with Gasteiger partial charge in [-0.25, -0.2) is 0 Å². The smallest absolute Gasteiger partial charge is 0.224 e. The van der Waals surface area contributed by atoms with Crippen LogP contribution in [0.25, 0.3) is 0 Å². The summed E-state index contributed by atoms with van der Waals surface area (Å²) in [6.07, 6.45) is 2.10. The molecule has 1 N–H and O–H groups in total. The van der Waals surface area contributed by atoms with Crippen LogP contribution in [0.5, 0.6) is 0 Å². The number of para-hydroxylation sites is 1. The van der Waals surface area contributed by atoms with E-state index >= 15 is 0 Å². The van der Waals surface area contributed by atoms with Gasteiger partial charge in [-0.15, -0.1) is 0 Å². The Kier molecular flexibility index (Phi) is 7.60. The summed E-state index contributed by atoms with van der Waals surface area (Å²) in [5.74, 6) is 1.07. The Balaban J connectivity index is 1.15. The van der Waals surface area contributed by atoms with Crippen LogP contribution >= 0.6 is 0 Å². The minimum atomic E-state index is 0.207. The molecular formula is C23H33N7O2. The van der Waals surface area contributed by atoms with Crippen LogP contribution in [0.15, 0.2) is 52.2 Å². The second kappa shape index (κ2) is 11.0. The monoisotopic (exact) mass is 439 g/mol. The predicted molar refractivity (Wildman–Crippen MR) is 125 cm³/mol. The molecule has 4 rings (SSSR count). The molecule has 1 aromatic heterocycles. The van der Waals surface area contributed by atoms with Crippen LogP contribution in [0.3, 0.4) is 0 Å². The zero-order valence-corrected chi connectivity index (χ0v) is 18.8. The number of nitrogens with one attached hydrogen (secondary N) is 1. The first kappa shape index (κ1) is 22.1. The summed E-state index contributed by atoms with van der Waals surface area (Å²) in [4.78, 5) is 26.0. The summed E-state index contributed by atoms with van der Waals surface area (Å²) < 4.78 is 4.92. The molecule has 0 aliphatic carbocycles. The van der Waals surface area contributed by atoms with Crippen LogP contribution in [0.4, 0.5) is 5.69 Å². The van der Waals surface area contributed by atoms with Crippen molar-refractivity contribution in [2.24, 2.45) is 4.99 Å². The molecule has 0 atom stereocenters. The van der Waals surface area contributed by atoms with Crippen LogP contribution in [-0.4, -0.2) is 97.7 Å². The molecule has 2 saturated heterocycles. The Bertz CT molecular complexity index is 856. The van der Waals surface area contributed by atoms with E-state index in [-0.39, 0.29) is 5.91 Å². The number of hydrogen-bond donors (Lipinski definition) is 1. The number of guanidine groups is 1. The summed E-state index contributed by atoms with van der Waals surface area (Å²) in [6.45, 7) is 8.39. The molecule has 9 heteroatoms. The fourth-order valence-corrected chi connectivity index (χ4v) is 4.29. The van der Waals surface area contributed by atoms with Crippen LogP contribution in [0.2, 0.25) is 0 Å². The van der Waals surface area contributed by atoms with Gasteiger partial charge in [0.2, 0.25) is 5.91 Å². The predicted octanol–water partition coefficient (Wildman–Crippen LogP) is 1.11. The Hall–Kier alpha value is -3.07.